The van der Waals surface area contributed by atoms with Crippen LogP contribution in [0.1, 0.15) is 6.92 Å². The van der Waals surface area contributed by atoms with Gasteiger partial charge in [0, 0.05) is 5.56 Å². The third-order valence-corrected chi connectivity index (χ3v) is 6.29. The molecule has 0 fully saturated rings. The largest absolute Gasteiger partial charge is 0.497 e. The average molecular weight is 451 g/mol. The molecule has 0 radical (unpaired) electrons. The smallest absolute Gasteiger partial charge is 0.249 e. The van der Waals surface area contributed by atoms with Gasteiger partial charge in [-0.05, 0) is 43.3 Å². The number of hydrogen-bond acceptors (Lipinski definition) is 7. The van der Waals surface area contributed by atoms with E-state index in [1.165, 1.54) is 25.1 Å². The molecule has 1 atom stereocenters. The molecule has 2 aromatic carbocycles. The van der Waals surface area contributed by atoms with Crippen molar-refractivity contribution in [3.63, 3.8) is 0 Å². The number of sulfonamides is 1. The fourth-order valence-corrected chi connectivity index (χ4v) is 4.67. The Morgan fingerprint density at radius 3 is 2.43 bits per heavy atom. The second kappa shape index (κ2) is 8.76. The summed E-state index contributed by atoms with van der Waals surface area (Å²) in [6.07, 6.45) is 0.913. The van der Waals surface area contributed by atoms with Crippen molar-refractivity contribution in [2.24, 2.45) is 0 Å². The molecule has 8 nitrogen and oxygen atoms in total. The number of nitrogens with zero attached hydrogens (tertiary/aromatic N) is 3. The quantitative estimate of drug-likeness (QED) is 0.593. The van der Waals surface area contributed by atoms with E-state index in [1.54, 1.807) is 31.4 Å². The van der Waals surface area contributed by atoms with Crippen molar-refractivity contribution in [2.45, 2.75) is 13.0 Å². The van der Waals surface area contributed by atoms with Crippen LogP contribution in [0, 0.1) is 5.82 Å². The Labute approximate surface area is 177 Å². The van der Waals surface area contributed by atoms with Crippen LogP contribution in [-0.4, -0.2) is 43.9 Å². The van der Waals surface area contributed by atoms with Crippen LogP contribution in [-0.2, 0) is 14.8 Å². The first-order valence-electron chi connectivity index (χ1n) is 8.73. The lowest BCUT2D eigenvalue weighted by molar-refractivity contribution is -0.116. The standard InChI is InChI=1S/C19H19FN4O4S2/c1-12(24(30(3,26)27)16-7-5-4-6-15(16)20)17(25)21-19-23-22-18(29-19)13-8-10-14(28-2)11-9-13/h4-12H,1-3H3,(H,21,23,25)/t12-/m1/s1. The predicted octanol–water partition coefficient (Wildman–Crippen LogP) is 3.15. The van der Waals surface area contributed by atoms with Crippen molar-refractivity contribution in [1.82, 2.24) is 10.2 Å². The maximum absolute atomic E-state index is 14.2. The molecule has 3 aromatic rings. The van der Waals surface area contributed by atoms with E-state index in [-0.39, 0.29) is 10.8 Å². The molecule has 0 spiro atoms. The Morgan fingerprint density at radius 2 is 1.83 bits per heavy atom. The lowest BCUT2D eigenvalue weighted by Crippen LogP contribution is -2.45. The molecule has 30 heavy (non-hydrogen) atoms. The van der Waals surface area contributed by atoms with Gasteiger partial charge in [0.15, 0.2) is 0 Å². The number of rotatable bonds is 7. The molecule has 0 unspecified atom stereocenters. The van der Waals surface area contributed by atoms with Gasteiger partial charge in [-0.25, -0.2) is 12.8 Å². The highest BCUT2D eigenvalue weighted by Crippen LogP contribution is 2.29. The van der Waals surface area contributed by atoms with Gasteiger partial charge in [0.25, 0.3) is 0 Å². The Hall–Kier alpha value is -3.05. The first kappa shape index (κ1) is 21.7. The maximum Gasteiger partial charge on any atom is 0.249 e. The molecular formula is C19H19FN4O4S2. The SMILES string of the molecule is COc1ccc(-c2nnc(NC(=O)[C@@H](C)N(c3ccccc3F)S(C)(=O)=O)s2)cc1. The van der Waals surface area contributed by atoms with Crippen molar-refractivity contribution >= 4 is 38.1 Å². The second-order valence-corrected chi connectivity index (χ2v) is 9.15. The molecule has 1 heterocycles. The van der Waals surface area contributed by atoms with E-state index >= 15 is 0 Å². The number of methoxy groups -OCH3 is 1. The van der Waals surface area contributed by atoms with E-state index in [0.29, 0.717) is 10.8 Å². The summed E-state index contributed by atoms with van der Waals surface area (Å²) in [5.41, 5.74) is 0.574. The number of aromatic nitrogens is 2. The minimum absolute atomic E-state index is 0.194. The van der Waals surface area contributed by atoms with Crippen molar-refractivity contribution in [3.8, 4) is 16.3 Å². The van der Waals surface area contributed by atoms with Crippen LogP contribution >= 0.6 is 11.3 Å². The fourth-order valence-electron chi connectivity index (χ4n) is 2.75. The number of hydrogen-bond donors (Lipinski definition) is 1. The van der Waals surface area contributed by atoms with Crippen LogP contribution in [0.2, 0.25) is 0 Å². The summed E-state index contributed by atoms with van der Waals surface area (Å²) in [5.74, 6) is -0.721. The van der Waals surface area contributed by atoms with E-state index in [2.05, 4.69) is 15.5 Å². The lowest BCUT2D eigenvalue weighted by atomic mass is 10.2. The molecule has 3 rings (SSSR count). The maximum atomic E-state index is 14.2. The number of halogens is 1. The van der Waals surface area contributed by atoms with Crippen molar-refractivity contribution < 1.29 is 22.3 Å². The van der Waals surface area contributed by atoms with Crippen LogP contribution < -0.4 is 14.4 Å². The molecule has 0 bridgehead atoms. The molecule has 0 aliphatic carbocycles. The van der Waals surface area contributed by atoms with Crippen molar-refractivity contribution in [3.05, 3.63) is 54.3 Å². The number of amides is 1. The fraction of sp³-hybridized carbons (Fsp3) is 0.211. The molecule has 0 saturated carbocycles. The summed E-state index contributed by atoms with van der Waals surface area (Å²) >= 11 is 1.13. The topological polar surface area (TPSA) is 101 Å². The molecular weight excluding hydrogens is 431 g/mol. The van der Waals surface area contributed by atoms with Gasteiger partial charge in [0.1, 0.15) is 22.6 Å². The molecule has 11 heteroatoms. The third-order valence-electron chi connectivity index (χ3n) is 4.17. The molecule has 0 saturated heterocycles. The lowest BCUT2D eigenvalue weighted by Gasteiger charge is -2.28. The highest BCUT2D eigenvalue weighted by Gasteiger charge is 2.31. The zero-order chi connectivity index (χ0) is 21.9. The first-order valence-corrected chi connectivity index (χ1v) is 11.4. The van der Waals surface area contributed by atoms with Gasteiger partial charge in [-0.15, -0.1) is 10.2 Å². The van der Waals surface area contributed by atoms with Crippen LogP contribution in [0.25, 0.3) is 10.6 Å². The second-order valence-electron chi connectivity index (χ2n) is 6.32. The summed E-state index contributed by atoms with van der Waals surface area (Å²) in [7, 11) is -2.37. The highest BCUT2D eigenvalue weighted by atomic mass is 32.2. The zero-order valence-electron chi connectivity index (χ0n) is 16.4. The molecule has 1 amide bonds. The highest BCUT2D eigenvalue weighted by molar-refractivity contribution is 7.92. The van der Waals surface area contributed by atoms with Gasteiger partial charge in [-0.2, -0.15) is 0 Å². The normalized spacial score (nSPS) is 12.3. The van der Waals surface area contributed by atoms with Gasteiger partial charge in [-0.3, -0.25) is 14.4 Å². The predicted molar refractivity (Wildman–Crippen MR) is 114 cm³/mol. The molecule has 0 aliphatic rings. The van der Waals surface area contributed by atoms with Gasteiger partial charge >= 0.3 is 0 Å². The number of ether oxygens (including phenoxy) is 1. The van der Waals surface area contributed by atoms with Gasteiger partial charge in [0.05, 0.1) is 19.1 Å². The first-order chi connectivity index (χ1) is 14.2. The minimum atomic E-state index is -3.93. The minimum Gasteiger partial charge on any atom is -0.497 e. The average Bonchev–Trinajstić information content (AvgIpc) is 3.17. The van der Waals surface area contributed by atoms with Crippen LogP contribution in [0.4, 0.5) is 15.2 Å². The van der Waals surface area contributed by atoms with Gasteiger partial charge in [0.2, 0.25) is 21.1 Å². The number of nitrogens with one attached hydrogen (secondary N) is 1. The van der Waals surface area contributed by atoms with Crippen molar-refractivity contribution in [2.75, 3.05) is 23.0 Å². The van der Waals surface area contributed by atoms with Crippen molar-refractivity contribution in [1.29, 1.82) is 0 Å². The number of benzene rings is 2. The van der Waals surface area contributed by atoms with Crippen LogP contribution in [0.3, 0.4) is 0 Å². The number of para-hydroxylation sites is 1. The zero-order valence-corrected chi connectivity index (χ0v) is 18.0. The summed E-state index contributed by atoms with van der Waals surface area (Å²) < 4.78 is 44.6. The van der Waals surface area contributed by atoms with Crippen LogP contribution in [0.15, 0.2) is 48.5 Å². The monoisotopic (exact) mass is 450 g/mol. The van der Waals surface area contributed by atoms with E-state index in [9.17, 15) is 17.6 Å². The summed E-state index contributed by atoms with van der Waals surface area (Å²) in [5, 5.41) is 11.3. The van der Waals surface area contributed by atoms with Gasteiger partial charge < -0.3 is 4.74 Å². The molecule has 1 N–H and O–H groups in total. The molecule has 158 valence electrons. The number of anilines is 2. The Kier molecular flexibility index (Phi) is 6.32. The Balaban J connectivity index is 1.80. The molecule has 0 aliphatic heterocycles. The molecule has 1 aromatic heterocycles. The number of carbonyl (C=O) groups is 1. The van der Waals surface area contributed by atoms with Gasteiger partial charge in [-0.1, -0.05) is 23.5 Å². The summed E-state index contributed by atoms with van der Waals surface area (Å²) in [6, 6.07) is 11.3. The van der Waals surface area contributed by atoms with Crippen LogP contribution in [0.5, 0.6) is 5.75 Å². The Bertz CT molecular complexity index is 1150. The summed E-state index contributed by atoms with van der Waals surface area (Å²) in [6.45, 7) is 1.37. The van der Waals surface area contributed by atoms with E-state index in [4.69, 9.17) is 4.74 Å². The Morgan fingerprint density at radius 1 is 1.17 bits per heavy atom. The third kappa shape index (κ3) is 4.74. The van der Waals surface area contributed by atoms with E-state index < -0.39 is 27.8 Å². The summed E-state index contributed by atoms with van der Waals surface area (Å²) in [4.78, 5) is 12.7. The van der Waals surface area contributed by atoms with E-state index in [1.807, 2.05) is 0 Å². The number of carbonyl (C=O) groups excluding carboxylic acids is 1. The van der Waals surface area contributed by atoms with E-state index in [0.717, 1.165) is 33.5 Å².